The van der Waals surface area contributed by atoms with Crippen LogP contribution in [0.3, 0.4) is 0 Å². The summed E-state index contributed by atoms with van der Waals surface area (Å²) < 4.78 is 4.68. The van der Waals surface area contributed by atoms with Crippen LogP contribution in [0.2, 0.25) is 0 Å². The van der Waals surface area contributed by atoms with Gasteiger partial charge in [0.05, 0.1) is 45.3 Å². The molecule has 0 bridgehead atoms. The summed E-state index contributed by atoms with van der Waals surface area (Å²) in [7, 11) is 0. The summed E-state index contributed by atoms with van der Waals surface area (Å²) in [6, 6.07) is 59.2. The maximum absolute atomic E-state index is 9.74. The Morgan fingerprint density at radius 3 is 1.33 bits per heavy atom. The van der Waals surface area contributed by atoms with Crippen molar-refractivity contribution in [2.24, 2.45) is 0 Å². The lowest BCUT2D eigenvalue weighted by atomic mass is 9.93. The summed E-state index contributed by atoms with van der Waals surface area (Å²) in [5.74, 6) is 0. The Kier molecular flexibility index (Phi) is 6.22. The van der Waals surface area contributed by atoms with E-state index in [0.717, 1.165) is 66.5 Å². The fourth-order valence-corrected chi connectivity index (χ4v) is 7.24. The first-order valence-corrected chi connectivity index (χ1v) is 15.9. The van der Waals surface area contributed by atoms with Gasteiger partial charge in [-0.25, -0.2) is 0 Å². The van der Waals surface area contributed by atoms with E-state index >= 15 is 0 Å². The number of hydrogen-bond acceptors (Lipinski definition) is 2. The number of nitrogens with zero attached hydrogens (tertiary/aromatic N) is 4. The molecule has 9 rings (SSSR count). The molecule has 0 aliphatic carbocycles. The lowest BCUT2D eigenvalue weighted by Crippen LogP contribution is -2.00. The fourth-order valence-electron chi connectivity index (χ4n) is 7.24. The lowest BCUT2D eigenvalue weighted by molar-refractivity contribution is 1.13. The molecule has 0 unspecified atom stereocenters. The van der Waals surface area contributed by atoms with E-state index in [1.807, 2.05) is 36.4 Å². The highest BCUT2D eigenvalue weighted by Gasteiger charge is 2.18. The van der Waals surface area contributed by atoms with Crippen LogP contribution in [0.15, 0.2) is 158 Å². The average molecular weight is 611 g/mol. The number of aromatic nitrogens is 2. The maximum atomic E-state index is 9.74. The highest BCUT2D eigenvalue weighted by molar-refractivity contribution is 6.11. The number of rotatable bonds is 4. The number of benzene rings is 7. The van der Waals surface area contributed by atoms with Gasteiger partial charge in [-0.15, -0.1) is 0 Å². The van der Waals surface area contributed by atoms with Crippen molar-refractivity contribution in [1.82, 2.24) is 9.13 Å². The monoisotopic (exact) mass is 610 g/mol. The third-order valence-corrected chi connectivity index (χ3v) is 9.36. The zero-order chi connectivity index (χ0) is 32.2. The Balaban J connectivity index is 1.39. The van der Waals surface area contributed by atoms with Crippen molar-refractivity contribution < 1.29 is 0 Å². The Morgan fingerprint density at radius 2 is 0.792 bits per heavy atom. The molecular weight excluding hydrogens is 585 g/mol. The number of fused-ring (bicyclic) bond motifs is 6. The lowest BCUT2D eigenvalue weighted by Gasteiger charge is -2.17. The molecule has 0 saturated carbocycles. The molecule has 4 nitrogen and oxygen atoms in total. The van der Waals surface area contributed by atoms with E-state index in [1.54, 1.807) is 0 Å². The molecule has 2 aromatic heterocycles. The van der Waals surface area contributed by atoms with Gasteiger partial charge in [0.2, 0.25) is 0 Å². The molecule has 222 valence electrons. The predicted molar refractivity (Wildman–Crippen MR) is 195 cm³/mol. The van der Waals surface area contributed by atoms with Crippen LogP contribution in [-0.4, -0.2) is 9.13 Å². The summed E-state index contributed by atoms with van der Waals surface area (Å²) in [5, 5.41) is 23.7. The molecule has 0 saturated heterocycles. The van der Waals surface area contributed by atoms with Crippen molar-refractivity contribution in [3.8, 4) is 45.8 Å². The van der Waals surface area contributed by atoms with E-state index in [2.05, 4.69) is 143 Å². The van der Waals surface area contributed by atoms with E-state index in [4.69, 9.17) is 0 Å². The molecule has 0 radical (unpaired) electrons. The van der Waals surface area contributed by atoms with Crippen LogP contribution in [0.5, 0.6) is 0 Å². The fraction of sp³-hybridized carbons (Fsp3) is 0. The van der Waals surface area contributed by atoms with Gasteiger partial charge in [0, 0.05) is 32.9 Å². The van der Waals surface area contributed by atoms with Gasteiger partial charge >= 0.3 is 0 Å². The van der Waals surface area contributed by atoms with Crippen LogP contribution < -0.4 is 0 Å². The number of hydrogen-bond donors (Lipinski definition) is 0. The predicted octanol–water partition coefficient (Wildman–Crippen LogP) is 11.0. The maximum Gasteiger partial charge on any atom is 0.0991 e. The van der Waals surface area contributed by atoms with Crippen molar-refractivity contribution in [1.29, 1.82) is 10.5 Å². The molecule has 0 atom stereocenters. The number of para-hydroxylation sites is 3. The minimum atomic E-state index is 0.637. The van der Waals surface area contributed by atoms with Gasteiger partial charge in [0.25, 0.3) is 0 Å². The Morgan fingerprint density at radius 1 is 0.354 bits per heavy atom. The van der Waals surface area contributed by atoms with E-state index in [1.165, 1.54) is 10.8 Å². The Labute approximate surface area is 277 Å². The van der Waals surface area contributed by atoms with Crippen molar-refractivity contribution >= 4 is 43.6 Å². The molecule has 4 heteroatoms. The molecule has 7 aromatic carbocycles. The van der Waals surface area contributed by atoms with Crippen LogP contribution in [0.4, 0.5) is 0 Å². The second-order valence-electron chi connectivity index (χ2n) is 12.0. The van der Waals surface area contributed by atoms with Crippen LogP contribution in [-0.2, 0) is 0 Å². The Hall–Kier alpha value is -6.88. The molecular formula is C44H26N4. The van der Waals surface area contributed by atoms with E-state index in [9.17, 15) is 10.5 Å². The van der Waals surface area contributed by atoms with Crippen molar-refractivity contribution in [3.63, 3.8) is 0 Å². The van der Waals surface area contributed by atoms with E-state index in [0.29, 0.717) is 11.1 Å². The molecule has 48 heavy (non-hydrogen) atoms. The molecule has 0 amide bonds. The van der Waals surface area contributed by atoms with Crippen LogP contribution in [0.1, 0.15) is 11.1 Å². The van der Waals surface area contributed by atoms with Gasteiger partial charge in [-0.3, -0.25) is 0 Å². The largest absolute Gasteiger partial charge is 0.309 e. The molecule has 0 aliphatic heterocycles. The van der Waals surface area contributed by atoms with Gasteiger partial charge in [0.15, 0.2) is 0 Å². The van der Waals surface area contributed by atoms with Crippen molar-refractivity contribution in [3.05, 3.63) is 169 Å². The van der Waals surface area contributed by atoms with Gasteiger partial charge < -0.3 is 9.13 Å². The van der Waals surface area contributed by atoms with Crippen LogP contribution >= 0.6 is 0 Å². The first-order chi connectivity index (χ1) is 23.7. The highest BCUT2D eigenvalue weighted by Crippen LogP contribution is 2.40. The normalized spacial score (nSPS) is 11.3. The zero-order valence-corrected chi connectivity index (χ0v) is 25.8. The minimum absolute atomic E-state index is 0.637. The average Bonchev–Trinajstić information content (AvgIpc) is 3.67. The molecule has 0 fully saturated rings. The highest BCUT2D eigenvalue weighted by atomic mass is 15.0. The van der Waals surface area contributed by atoms with E-state index in [-0.39, 0.29) is 0 Å². The van der Waals surface area contributed by atoms with E-state index < -0.39 is 0 Å². The number of nitriles is 2. The minimum Gasteiger partial charge on any atom is -0.309 e. The SMILES string of the molecule is N#Cc1ccc(-c2ccccc2-c2cc(-n3c4ccccc4c4ccccc43)cc(-n3c4ccccc4c4cc(C#N)ccc43)c2)cc1. The quantitative estimate of drug-likeness (QED) is 0.199. The second-order valence-corrected chi connectivity index (χ2v) is 12.0. The molecule has 9 aromatic rings. The molecule has 0 aliphatic rings. The third-order valence-electron chi connectivity index (χ3n) is 9.36. The molecule has 0 N–H and O–H groups in total. The van der Waals surface area contributed by atoms with Crippen molar-refractivity contribution in [2.75, 3.05) is 0 Å². The van der Waals surface area contributed by atoms with Gasteiger partial charge in [-0.05, 0) is 89.0 Å². The van der Waals surface area contributed by atoms with Crippen LogP contribution in [0.25, 0.3) is 77.2 Å². The third kappa shape index (κ3) is 4.22. The first kappa shape index (κ1) is 27.4. The smallest absolute Gasteiger partial charge is 0.0991 e. The first-order valence-electron chi connectivity index (χ1n) is 15.9. The standard InChI is InChI=1S/C44H26N4/c45-27-29-17-20-31(21-18-29)35-9-1-2-10-36(35)32-24-33(47-41-14-6-3-11-37(41)38-12-4-7-15-42(38)47)26-34(25-32)48-43-16-8-5-13-39(43)40-23-30(28-46)19-22-44(40)48/h1-26H. The summed E-state index contributed by atoms with van der Waals surface area (Å²) >= 11 is 0. The Bertz CT molecular complexity index is 2750. The molecule has 2 heterocycles. The zero-order valence-electron chi connectivity index (χ0n) is 25.8. The van der Waals surface area contributed by atoms with Crippen molar-refractivity contribution in [2.45, 2.75) is 0 Å². The van der Waals surface area contributed by atoms with Gasteiger partial charge in [-0.2, -0.15) is 10.5 Å². The summed E-state index contributed by atoms with van der Waals surface area (Å²) in [4.78, 5) is 0. The summed E-state index contributed by atoms with van der Waals surface area (Å²) in [6.07, 6.45) is 0. The summed E-state index contributed by atoms with van der Waals surface area (Å²) in [6.45, 7) is 0. The van der Waals surface area contributed by atoms with Gasteiger partial charge in [-0.1, -0.05) is 91.0 Å². The second kappa shape index (κ2) is 10.9. The van der Waals surface area contributed by atoms with Gasteiger partial charge in [0.1, 0.15) is 0 Å². The molecule has 0 spiro atoms. The van der Waals surface area contributed by atoms with Crippen LogP contribution in [0, 0.1) is 22.7 Å². The summed E-state index contributed by atoms with van der Waals surface area (Å²) in [5.41, 5.74) is 12.1. The topological polar surface area (TPSA) is 57.4 Å².